The summed E-state index contributed by atoms with van der Waals surface area (Å²) in [7, 11) is 0. The highest BCUT2D eigenvalue weighted by Gasteiger charge is 2.09. The van der Waals surface area contributed by atoms with Crippen molar-refractivity contribution in [1.82, 2.24) is 4.90 Å². The maximum Gasteiger partial charge on any atom is 0.119 e. The fourth-order valence-corrected chi connectivity index (χ4v) is 1.94. The van der Waals surface area contributed by atoms with E-state index < -0.39 is 0 Å². The minimum absolute atomic E-state index is 0. The van der Waals surface area contributed by atoms with E-state index in [4.69, 9.17) is 9.47 Å². The monoisotopic (exact) mass is 251 g/mol. The summed E-state index contributed by atoms with van der Waals surface area (Å²) >= 11 is 0. The van der Waals surface area contributed by atoms with E-state index in [2.05, 4.69) is 36.1 Å². The summed E-state index contributed by atoms with van der Waals surface area (Å²) in [6.45, 7) is 7.66. The van der Waals surface area contributed by atoms with Crippen LogP contribution in [-0.2, 0) is 11.2 Å². The molecule has 18 heavy (non-hydrogen) atoms. The average molecular weight is 251 g/mol. The molecule has 1 fully saturated rings. The summed E-state index contributed by atoms with van der Waals surface area (Å²) in [6, 6.07) is 8.37. The van der Waals surface area contributed by atoms with Gasteiger partial charge in [0.1, 0.15) is 12.4 Å². The van der Waals surface area contributed by atoms with E-state index >= 15 is 0 Å². The van der Waals surface area contributed by atoms with E-state index in [1.54, 1.807) is 0 Å². The Morgan fingerprint density at radius 1 is 1.17 bits per heavy atom. The van der Waals surface area contributed by atoms with E-state index in [-0.39, 0.29) is 7.43 Å². The van der Waals surface area contributed by atoms with Gasteiger partial charge in [-0.3, -0.25) is 4.90 Å². The van der Waals surface area contributed by atoms with Gasteiger partial charge in [-0.1, -0.05) is 26.5 Å². The molecule has 3 heteroatoms. The van der Waals surface area contributed by atoms with Gasteiger partial charge in [0.05, 0.1) is 13.2 Å². The molecule has 0 spiro atoms. The van der Waals surface area contributed by atoms with Crippen LogP contribution in [0, 0.1) is 0 Å². The molecule has 0 aliphatic carbocycles. The Balaban J connectivity index is 0.00000162. The Bertz CT molecular complexity index is 318. The van der Waals surface area contributed by atoms with Gasteiger partial charge in [0.2, 0.25) is 0 Å². The maximum absolute atomic E-state index is 5.73. The van der Waals surface area contributed by atoms with Crippen molar-refractivity contribution in [3.05, 3.63) is 29.8 Å². The van der Waals surface area contributed by atoms with Gasteiger partial charge in [0.15, 0.2) is 0 Å². The van der Waals surface area contributed by atoms with Crippen molar-refractivity contribution in [1.29, 1.82) is 0 Å². The summed E-state index contributed by atoms with van der Waals surface area (Å²) in [4.78, 5) is 2.38. The molecule has 1 heterocycles. The molecule has 1 saturated heterocycles. The van der Waals surface area contributed by atoms with Crippen LogP contribution in [0.5, 0.6) is 5.75 Å². The third-order valence-electron chi connectivity index (χ3n) is 3.11. The first-order chi connectivity index (χ1) is 8.38. The number of ether oxygens (including phenoxy) is 2. The van der Waals surface area contributed by atoms with Crippen molar-refractivity contribution >= 4 is 0 Å². The van der Waals surface area contributed by atoms with Crippen molar-refractivity contribution in [2.24, 2.45) is 0 Å². The van der Waals surface area contributed by atoms with E-state index in [1.807, 2.05) is 0 Å². The lowest BCUT2D eigenvalue weighted by atomic mass is 10.2. The molecule has 1 aromatic rings. The third kappa shape index (κ3) is 4.67. The second kappa shape index (κ2) is 8.11. The van der Waals surface area contributed by atoms with E-state index in [1.165, 1.54) is 5.56 Å². The summed E-state index contributed by atoms with van der Waals surface area (Å²) in [5.74, 6) is 0.968. The highest BCUT2D eigenvalue weighted by atomic mass is 16.5. The van der Waals surface area contributed by atoms with E-state index in [0.29, 0.717) is 0 Å². The Kier molecular flexibility index (Phi) is 6.76. The van der Waals surface area contributed by atoms with Crippen molar-refractivity contribution in [2.75, 3.05) is 39.5 Å². The standard InChI is InChI=1S/C14H21NO2.CH4/c1-2-13-3-5-14(6-4-13)17-12-9-15-7-10-16-11-8-15;/h3-6H,2,7-12H2,1H3;1H4. The zero-order valence-corrected chi connectivity index (χ0v) is 10.5. The van der Waals surface area contributed by atoms with Crippen LogP contribution < -0.4 is 4.74 Å². The summed E-state index contributed by atoms with van der Waals surface area (Å²) in [6.07, 6.45) is 1.08. The van der Waals surface area contributed by atoms with Crippen LogP contribution in [-0.4, -0.2) is 44.4 Å². The second-order valence-corrected chi connectivity index (χ2v) is 4.30. The van der Waals surface area contributed by atoms with Crippen molar-refractivity contribution in [2.45, 2.75) is 20.8 Å². The molecule has 1 aromatic carbocycles. The molecule has 0 radical (unpaired) electrons. The Labute approximate surface area is 111 Å². The van der Waals surface area contributed by atoms with Crippen LogP contribution in [0.3, 0.4) is 0 Å². The Morgan fingerprint density at radius 3 is 2.44 bits per heavy atom. The number of rotatable bonds is 5. The van der Waals surface area contributed by atoms with E-state index in [9.17, 15) is 0 Å². The lowest BCUT2D eigenvalue weighted by Gasteiger charge is -2.26. The topological polar surface area (TPSA) is 21.7 Å². The van der Waals surface area contributed by atoms with Gasteiger partial charge in [-0.15, -0.1) is 0 Å². The zero-order valence-electron chi connectivity index (χ0n) is 10.5. The molecular formula is C15H25NO2. The van der Waals surface area contributed by atoms with Crippen molar-refractivity contribution in [3.8, 4) is 5.75 Å². The van der Waals surface area contributed by atoms with Gasteiger partial charge in [-0.25, -0.2) is 0 Å². The Morgan fingerprint density at radius 2 is 1.83 bits per heavy atom. The van der Waals surface area contributed by atoms with Crippen molar-refractivity contribution in [3.63, 3.8) is 0 Å². The SMILES string of the molecule is C.CCc1ccc(OCCN2CCOCC2)cc1. The third-order valence-corrected chi connectivity index (χ3v) is 3.11. The lowest BCUT2D eigenvalue weighted by molar-refractivity contribution is 0.0322. The minimum atomic E-state index is 0. The fourth-order valence-electron chi connectivity index (χ4n) is 1.94. The number of nitrogens with zero attached hydrogens (tertiary/aromatic N) is 1. The van der Waals surface area contributed by atoms with Crippen molar-refractivity contribution < 1.29 is 9.47 Å². The molecule has 1 aliphatic heterocycles. The first-order valence-corrected chi connectivity index (χ1v) is 6.40. The van der Waals surface area contributed by atoms with Crippen LogP contribution >= 0.6 is 0 Å². The Hall–Kier alpha value is -1.06. The quantitative estimate of drug-likeness (QED) is 0.803. The summed E-state index contributed by atoms with van der Waals surface area (Å²) < 4.78 is 11.0. The fraction of sp³-hybridized carbons (Fsp3) is 0.600. The molecule has 0 bridgehead atoms. The molecule has 0 amide bonds. The molecule has 0 N–H and O–H groups in total. The largest absolute Gasteiger partial charge is 0.492 e. The molecule has 0 atom stereocenters. The number of hydrogen-bond donors (Lipinski definition) is 0. The van der Waals surface area contributed by atoms with Gasteiger partial charge < -0.3 is 9.47 Å². The number of hydrogen-bond acceptors (Lipinski definition) is 3. The molecule has 3 nitrogen and oxygen atoms in total. The molecule has 0 aromatic heterocycles. The van der Waals surface area contributed by atoms with Gasteiger partial charge in [-0.05, 0) is 24.1 Å². The predicted octanol–water partition coefficient (Wildman–Crippen LogP) is 2.60. The highest BCUT2D eigenvalue weighted by Crippen LogP contribution is 2.12. The number of morpholine rings is 1. The molecule has 2 rings (SSSR count). The maximum atomic E-state index is 5.73. The van der Waals surface area contributed by atoms with Crippen LogP contribution in [0.25, 0.3) is 0 Å². The molecular weight excluding hydrogens is 226 g/mol. The predicted molar refractivity (Wildman–Crippen MR) is 75.3 cm³/mol. The van der Waals surface area contributed by atoms with Gasteiger partial charge in [0, 0.05) is 19.6 Å². The van der Waals surface area contributed by atoms with Gasteiger partial charge in [-0.2, -0.15) is 0 Å². The van der Waals surface area contributed by atoms with Crippen LogP contribution in [0.2, 0.25) is 0 Å². The smallest absolute Gasteiger partial charge is 0.119 e. The highest BCUT2D eigenvalue weighted by molar-refractivity contribution is 5.27. The normalized spacial score (nSPS) is 16.1. The molecule has 1 aliphatic rings. The average Bonchev–Trinajstić information content (AvgIpc) is 2.41. The minimum Gasteiger partial charge on any atom is -0.492 e. The molecule has 0 saturated carbocycles. The van der Waals surface area contributed by atoms with Crippen LogP contribution in [0.15, 0.2) is 24.3 Å². The second-order valence-electron chi connectivity index (χ2n) is 4.30. The number of benzene rings is 1. The summed E-state index contributed by atoms with van der Waals surface area (Å²) in [5.41, 5.74) is 1.35. The van der Waals surface area contributed by atoms with Crippen LogP contribution in [0.1, 0.15) is 19.9 Å². The lowest BCUT2D eigenvalue weighted by Crippen LogP contribution is -2.38. The summed E-state index contributed by atoms with van der Waals surface area (Å²) in [5, 5.41) is 0. The molecule has 102 valence electrons. The first kappa shape index (κ1) is 15.0. The van der Waals surface area contributed by atoms with E-state index in [0.717, 1.165) is 51.6 Å². The van der Waals surface area contributed by atoms with Gasteiger partial charge >= 0.3 is 0 Å². The van der Waals surface area contributed by atoms with Gasteiger partial charge in [0.25, 0.3) is 0 Å². The molecule has 0 unspecified atom stereocenters. The number of aryl methyl sites for hydroxylation is 1. The van der Waals surface area contributed by atoms with Crippen LogP contribution in [0.4, 0.5) is 0 Å². The zero-order chi connectivity index (χ0) is 11.9. The first-order valence-electron chi connectivity index (χ1n) is 6.40.